The van der Waals surface area contributed by atoms with Gasteiger partial charge in [0.1, 0.15) is 0 Å². The van der Waals surface area contributed by atoms with Crippen LogP contribution in [0.25, 0.3) is 0 Å². The maximum Gasteiger partial charge on any atom is 2.00 e. The molecule has 70 valence electrons. The largest absolute Gasteiger partial charge is 2.00 e. The van der Waals surface area contributed by atoms with E-state index in [1.807, 2.05) is 51.4 Å². The van der Waals surface area contributed by atoms with Crippen LogP contribution < -0.4 is 0 Å². The average Bonchev–Trinajstić information content (AvgIpc) is 2.76. The van der Waals surface area contributed by atoms with Gasteiger partial charge in [-0.25, -0.2) is 0 Å². The van der Waals surface area contributed by atoms with Crippen molar-refractivity contribution in [1.82, 2.24) is 0 Å². The van der Waals surface area contributed by atoms with Crippen LogP contribution in [-0.2, 0) is 17.1 Å². The molecule has 14 heavy (non-hydrogen) atoms. The van der Waals surface area contributed by atoms with Crippen molar-refractivity contribution in [2.75, 3.05) is 0 Å². The molecule has 0 aromatic carbocycles. The van der Waals surface area contributed by atoms with Crippen molar-refractivity contribution in [3.05, 3.63) is 62.1 Å². The fourth-order valence-corrected chi connectivity index (χ4v) is 1.13. The molecular formula is C12H9BrFe+2. The van der Waals surface area contributed by atoms with E-state index >= 15 is 0 Å². The average molecular weight is 289 g/mol. The van der Waals surface area contributed by atoms with E-state index in [0.29, 0.717) is 0 Å². The van der Waals surface area contributed by atoms with Crippen molar-refractivity contribution < 1.29 is 17.1 Å². The van der Waals surface area contributed by atoms with Gasteiger partial charge in [-0.3, -0.25) is 0 Å². The van der Waals surface area contributed by atoms with Gasteiger partial charge in [-0.2, -0.15) is 0 Å². The zero-order valence-corrected chi connectivity index (χ0v) is 10.1. The first-order valence-electron chi connectivity index (χ1n) is 3.88. The summed E-state index contributed by atoms with van der Waals surface area (Å²) in [6, 6.07) is 0. The molecule has 2 aliphatic carbocycles. The number of halogens is 1. The molecule has 0 atom stereocenters. The van der Waals surface area contributed by atoms with Crippen molar-refractivity contribution in [2.24, 2.45) is 0 Å². The van der Waals surface area contributed by atoms with E-state index < -0.39 is 0 Å². The molecule has 0 spiro atoms. The Labute approximate surface area is 107 Å². The summed E-state index contributed by atoms with van der Waals surface area (Å²) in [7, 11) is 0. The molecule has 0 amide bonds. The smallest absolute Gasteiger partial charge is 0.119 e. The predicted molar refractivity (Wildman–Crippen MR) is 58.6 cm³/mol. The van der Waals surface area contributed by atoms with Gasteiger partial charge in [0.25, 0.3) is 0 Å². The summed E-state index contributed by atoms with van der Waals surface area (Å²) in [6.45, 7) is 0. The van der Waals surface area contributed by atoms with E-state index in [4.69, 9.17) is 6.42 Å². The van der Waals surface area contributed by atoms with E-state index in [0.717, 1.165) is 10.7 Å². The summed E-state index contributed by atoms with van der Waals surface area (Å²) in [5.41, 5.74) is 0. The Kier molecular flexibility index (Phi) is 9.19. The Balaban J connectivity index is 0.000000227. The van der Waals surface area contributed by atoms with Gasteiger partial charge in [0.15, 0.2) is 0 Å². The van der Waals surface area contributed by atoms with Crippen LogP contribution in [0.1, 0.15) is 0 Å². The van der Waals surface area contributed by atoms with Crippen LogP contribution in [-0.4, -0.2) is 0 Å². The minimum Gasteiger partial charge on any atom is -0.119 e. The second kappa shape index (κ2) is 8.83. The quantitative estimate of drug-likeness (QED) is 0.475. The standard InChI is InChI=1S/C7H5.C5H4Br.Fe/c1-2-7-5-3-4-6-7;6-5-3-1-2-4-5;/h1,3-6H;1-4H;/q;;+2. The van der Waals surface area contributed by atoms with Gasteiger partial charge >= 0.3 is 17.1 Å². The maximum atomic E-state index is 5.04. The summed E-state index contributed by atoms with van der Waals surface area (Å²) in [6.07, 6.45) is 20.7. The first-order chi connectivity index (χ1) is 6.33. The van der Waals surface area contributed by atoms with Gasteiger partial charge < -0.3 is 0 Å². The second-order valence-electron chi connectivity index (χ2n) is 2.42. The van der Waals surface area contributed by atoms with Crippen LogP contribution in [0.5, 0.6) is 0 Å². The third-order valence-corrected chi connectivity index (χ3v) is 1.98. The van der Waals surface area contributed by atoms with Crippen LogP contribution in [0.3, 0.4) is 0 Å². The third kappa shape index (κ3) is 6.12. The van der Waals surface area contributed by atoms with Crippen molar-refractivity contribution in [3.63, 3.8) is 0 Å². The summed E-state index contributed by atoms with van der Waals surface area (Å²) in [5.74, 6) is 3.47. The van der Waals surface area contributed by atoms with E-state index in [9.17, 15) is 0 Å². The number of terminal acetylenes is 1. The molecule has 0 unspecified atom stereocenters. The zero-order chi connectivity index (χ0) is 9.52. The van der Waals surface area contributed by atoms with Crippen molar-refractivity contribution in [2.45, 2.75) is 0 Å². The molecule has 0 nitrogen and oxygen atoms in total. The van der Waals surface area contributed by atoms with Crippen LogP contribution in [0.2, 0.25) is 0 Å². The van der Waals surface area contributed by atoms with Gasteiger partial charge in [0.05, 0.1) is 5.92 Å². The molecule has 2 rings (SSSR count). The van der Waals surface area contributed by atoms with Crippen molar-refractivity contribution in [3.8, 4) is 12.3 Å². The summed E-state index contributed by atoms with van der Waals surface area (Å²) in [4.78, 5) is 1.16. The number of rotatable bonds is 0. The second-order valence-corrected chi connectivity index (χ2v) is 3.34. The van der Waals surface area contributed by atoms with E-state index in [1.54, 1.807) is 0 Å². The van der Waals surface area contributed by atoms with Crippen molar-refractivity contribution >= 4 is 15.9 Å². The Bertz CT molecular complexity index is 162. The molecule has 2 heteroatoms. The molecule has 0 aromatic rings. The molecule has 2 aliphatic rings. The summed E-state index contributed by atoms with van der Waals surface area (Å²) >= 11 is 3.28. The summed E-state index contributed by atoms with van der Waals surface area (Å²) in [5, 5.41) is 0. The SMILES string of the molecule is Br[C]1[CH][CH][CH][CH]1.C#C[C]1[CH][CH][CH][CH]1.[Fe+2]. The fraction of sp³-hybridized carbons (Fsp3) is 0. The number of hydrogen-bond acceptors (Lipinski definition) is 0. The van der Waals surface area contributed by atoms with Crippen LogP contribution in [0.15, 0.2) is 0 Å². The Morgan fingerprint density at radius 3 is 1.57 bits per heavy atom. The number of hydrogen-bond donors (Lipinski definition) is 0. The Morgan fingerprint density at radius 2 is 1.36 bits per heavy atom. The molecule has 0 bridgehead atoms. The monoisotopic (exact) mass is 288 g/mol. The third-order valence-electron chi connectivity index (χ3n) is 1.45. The predicted octanol–water partition coefficient (Wildman–Crippen LogP) is 2.77. The maximum absolute atomic E-state index is 5.04. The molecule has 0 N–H and O–H groups in total. The van der Waals surface area contributed by atoms with Gasteiger partial charge in [-0.1, -0.05) is 21.9 Å². The van der Waals surface area contributed by atoms with Crippen molar-refractivity contribution in [1.29, 1.82) is 0 Å². The molecule has 10 radical (unpaired) electrons. The minimum atomic E-state index is 0. The molecule has 2 saturated carbocycles. The summed E-state index contributed by atoms with van der Waals surface area (Å²) < 4.78 is 0. The van der Waals surface area contributed by atoms with Crippen LogP contribution in [0, 0.1) is 74.5 Å². The molecule has 0 aliphatic heterocycles. The van der Waals surface area contributed by atoms with Gasteiger partial charge in [-0.05, 0) is 51.4 Å². The van der Waals surface area contributed by atoms with Gasteiger partial charge in [-0.15, -0.1) is 6.42 Å². The van der Waals surface area contributed by atoms with Crippen LogP contribution in [0.4, 0.5) is 0 Å². The molecular weight excluding hydrogens is 280 g/mol. The van der Waals surface area contributed by atoms with Gasteiger partial charge in [0.2, 0.25) is 0 Å². The van der Waals surface area contributed by atoms with Gasteiger partial charge in [0, 0.05) is 4.83 Å². The zero-order valence-electron chi connectivity index (χ0n) is 7.43. The van der Waals surface area contributed by atoms with E-state index in [-0.39, 0.29) is 17.1 Å². The minimum absolute atomic E-state index is 0. The normalized spacial score (nSPS) is 22.0. The fourth-order valence-electron chi connectivity index (χ4n) is 0.821. The first kappa shape index (κ1) is 14.6. The van der Waals surface area contributed by atoms with E-state index in [2.05, 4.69) is 21.9 Å². The molecule has 2 fully saturated rings. The molecule has 0 saturated heterocycles. The molecule has 0 aromatic heterocycles. The van der Waals surface area contributed by atoms with Crippen LogP contribution >= 0.6 is 15.9 Å². The van der Waals surface area contributed by atoms with E-state index in [1.165, 1.54) is 0 Å². The Hall–Kier alpha value is 0.559. The molecule has 0 heterocycles. The Morgan fingerprint density at radius 1 is 0.929 bits per heavy atom. The first-order valence-corrected chi connectivity index (χ1v) is 4.68. The topological polar surface area (TPSA) is 0 Å².